The number of rotatable bonds is 5. The molecule has 0 fully saturated rings. The SMILES string of the molecule is OCc1csc(C(O)C(O)CCBr)n1. The lowest BCUT2D eigenvalue weighted by Gasteiger charge is -2.13. The molecular formula is C8H12BrNO3S. The van der Waals surface area contributed by atoms with E-state index in [1.165, 1.54) is 11.3 Å². The van der Waals surface area contributed by atoms with E-state index in [0.717, 1.165) is 0 Å². The van der Waals surface area contributed by atoms with Crippen LogP contribution in [0.1, 0.15) is 23.2 Å². The van der Waals surface area contributed by atoms with Crippen molar-refractivity contribution in [3.63, 3.8) is 0 Å². The van der Waals surface area contributed by atoms with Crippen LogP contribution >= 0.6 is 27.3 Å². The largest absolute Gasteiger partial charge is 0.390 e. The first kappa shape index (κ1) is 12.1. The highest BCUT2D eigenvalue weighted by atomic mass is 79.9. The van der Waals surface area contributed by atoms with Gasteiger partial charge in [0, 0.05) is 10.7 Å². The number of aliphatic hydroxyl groups excluding tert-OH is 3. The molecule has 0 aliphatic carbocycles. The van der Waals surface area contributed by atoms with Gasteiger partial charge in [-0.25, -0.2) is 4.98 Å². The monoisotopic (exact) mass is 281 g/mol. The van der Waals surface area contributed by atoms with Crippen molar-refractivity contribution in [2.75, 3.05) is 5.33 Å². The molecule has 0 saturated carbocycles. The number of alkyl halides is 1. The van der Waals surface area contributed by atoms with Crippen molar-refractivity contribution in [2.45, 2.75) is 25.2 Å². The lowest BCUT2D eigenvalue weighted by atomic mass is 10.2. The summed E-state index contributed by atoms with van der Waals surface area (Å²) in [5.74, 6) is 0. The molecule has 1 aromatic rings. The zero-order valence-electron chi connectivity index (χ0n) is 7.43. The van der Waals surface area contributed by atoms with Crippen LogP contribution in [-0.2, 0) is 6.61 Å². The Morgan fingerprint density at radius 3 is 2.71 bits per heavy atom. The Bertz CT molecular complexity index is 281. The molecule has 2 atom stereocenters. The Hall–Kier alpha value is -0.0100. The molecule has 0 aromatic carbocycles. The quantitative estimate of drug-likeness (QED) is 0.699. The Labute approximate surface area is 94.4 Å². The summed E-state index contributed by atoms with van der Waals surface area (Å²) in [6.45, 7) is -0.141. The zero-order chi connectivity index (χ0) is 10.6. The van der Waals surface area contributed by atoms with E-state index in [9.17, 15) is 10.2 Å². The van der Waals surface area contributed by atoms with E-state index in [2.05, 4.69) is 20.9 Å². The van der Waals surface area contributed by atoms with Crippen molar-refractivity contribution in [3.05, 3.63) is 16.1 Å². The number of aliphatic hydroxyl groups is 3. The minimum absolute atomic E-state index is 0.141. The number of aromatic nitrogens is 1. The van der Waals surface area contributed by atoms with Gasteiger partial charge in [-0.2, -0.15) is 0 Å². The van der Waals surface area contributed by atoms with Gasteiger partial charge in [-0.1, -0.05) is 15.9 Å². The van der Waals surface area contributed by atoms with Crippen LogP contribution < -0.4 is 0 Å². The normalized spacial score (nSPS) is 15.4. The summed E-state index contributed by atoms with van der Waals surface area (Å²) in [6.07, 6.45) is -1.31. The molecule has 4 nitrogen and oxygen atoms in total. The predicted octanol–water partition coefficient (Wildman–Crippen LogP) is 0.815. The molecule has 0 radical (unpaired) electrons. The van der Waals surface area contributed by atoms with Crippen LogP contribution in [0.5, 0.6) is 0 Å². The molecule has 80 valence electrons. The van der Waals surface area contributed by atoms with Crippen LogP contribution in [0.3, 0.4) is 0 Å². The number of hydrogen-bond donors (Lipinski definition) is 3. The minimum atomic E-state index is -0.960. The van der Waals surface area contributed by atoms with Crippen molar-refractivity contribution >= 4 is 27.3 Å². The first-order valence-corrected chi connectivity index (χ1v) is 6.16. The van der Waals surface area contributed by atoms with Crippen LogP contribution in [0.25, 0.3) is 0 Å². The summed E-state index contributed by atoms with van der Waals surface area (Å²) < 4.78 is 0. The molecule has 0 saturated heterocycles. The zero-order valence-corrected chi connectivity index (χ0v) is 9.83. The third kappa shape index (κ3) is 2.99. The first-order valence-electron chi connectivity index (χ1n) is 4.16. The Morgan fingerprint density at radius 2 is 2.21 bits per heavy atom. The fraction of sp³-hybridized carbons (Fsp3) is 0.625. The third-order valence-corrected chi connectivity index (χ3v) is 3.18. The smallest absolute Gasteiger partial charge is 0.131 e. The van der Waals surface area contributed by atoms with Crippen molar-refractivity contribution in [1.29, 1.82) is 0 Å². The fourth-order valence-corrected chi connectivity index (χ4v) is 2.28. The third-order valence-electron chi connectivity index (χ3n) is 1.75. The molecule has 0 amide bonds. The van der Waals surface area contributed by atoms with Crippen LogP contribution in [-0.4, -0.2) is 31.7 Å². The van der Waals surface area contributed by atoms with Gasteiger partial charge in [0.1, 0.15) is 11.1 Å². The van der Waals surface area contributed by atoms with Gasteiger partial charge in [0.15, 0.2) is 0 Å². The van der Waals surface area contributed by atoms with Crippen molar-refractivity contribution in [2.24, 2.45) is 0 Å². The summed E-state index contributed by atoms with van der Waals surface area (Å²) in [7, 11) is 0. The first-order chi connectivity index (χ1) is 6.69. The van der Waals surface area contributed by atoms with Crippen molar-refractivity contribution < 1.29 is 15.3 Å². The molecule has 2 unspecified atom stereocenters. The van der Waals surface area contributed by atoms with Crippen LogP contribution in [0.4, 0.5) is 0 Å². The second-order valence-electron chi connectivity index (χ2n) is 2.83. The fourth-order valence-electron chi connectivity index (χ4n) is 0.965. The van der Waals surface area contributed by atoms with Gasteiger partial charge in [-0.15, -0.1) is 11.3 Å². The number of halogens is 1. The van der Waals surface area contributed by atoms with E-state index in [1.54, 1.807) is 5.38 Å². The average molecular weight is 282 g/mol. The second kappa shape index (κ2) is 5.77. The van der Waals surface area contributed by atoms with E-state index in [1.807, 2.05) is 0 Å². The molecule has 1 heterocycles. The van der Waals surface area contributed by atoms with E-state index < -0.39 is 12.2 Å². The van der Waals surface area contributed by atoms with Gasteiger partial charge in [-0.3, -0.25) is 0 Å². The summed E-state index contributed by atoms with van der Waals surface area (Å²) >= 11 is 4.42. The highest BCUT2D eigenvalue weighted by Crippen LogP contribution is 2.23. The topological polar surface area (TPSA) is 73.6 Å². The lowest BCUT2D eigenvalue weighted by molar-refractivity contribution is 0.0171. The standard InChI is InChI=1S/C8H12BrNO3S/c9-2-1-6(12)7(13)8-10-5(3-11)4-14-8/h4,6-7,11-13H,1-3H2. The molecule has 0 bridgehead atoms. The Kier molecular flexibility index (Phi) is 4.97. The number of hydrogen-bond acceptors (Lipinski definition) is 5. The molecule has 0 spiro atoms. The molecule has 1 aromatic heterocycles. The summed E-state index contributed by atoms with van der Waals surface area (Å²) in [5.41, 5.74) is 0.523. The van der Waals surface area contributed by atoms with Crippen LogP contribution in [0.2, 0.25) is 0 Å². The van der Waals surface area contributed by atoms with Crippen molar-refractivity contribution in [1.82, 2.24) is 4.98 Å². The summed E-state index contributed by atoms with van der Waals surface area (Å²) in [6, 6.07) is 0. The molecule has 0 aliphatic heterocycles. The van der Waals surface area contributed by atoms with Gasteiger partial charge in [0.25, 0.3) is 0 Å². The lowest BCUT2D eigenvalue weighted by Crippen LogP contribution is -2.18. The molecule has 1 rings (SSSR count). The van der Waals surface area contributed by atoms with E-state index >= 15 is 0 Å². The molecule has 14 heavy (non-hydrogen) atoms. The van der Waals surface area contributed by atoms with Crippen LogP contribution in [0.15, 0.2) is 5.38 Å². The van der Waals surface area contributed by atoms with Crippen LogP contribution in [0, 0.1) is 0 Å². The highest BCUT2D eigenvalue weighted by Gasteiger charge is 2.20. The van der Waals surface area contributed by atoms with Crippen molar-refractivity contribution in [3.8, 4) is 0 Å². The van der Waals surface area contributed by atoms with Gasteiger partial charge in [0.05, 0.1) is 18.4 Å². The molecule has 3 N–H and O–H groups in total. The molecule has 0 aliphatic rings. The predicted molar refractivity (Wildman–Crippen MR) is 57.4 cm³/mol. The molecule has 6 heteroatoms. The highest BCUT2D eigenvalue weighted by molar-refractivity contribution is 9.09. The van der Waals surface area contributed by atoms with E-state index in [-0.39, 0.29) is 6.61 Å². The summed E-state index contributed by atoms with van der Waals surface area (Å²) in [5, 5.41) is 30.6. The number of nitrogens with zero attached hydrogens (tertiary/aromatic N) is 1. The second-order valence-corrected chi connectivity index (χ2v) is 4.51. The van der Waals surface area contributed by atoms with E-state index in [0.29, 0.717) is 22.5 Å². The number of thiazole rings is 1. The maximum absolute atomic E-state index is 9.62. The van der Waals surface area contributed by atoms with Gasteiger partial charge in [-0.05, 0) is 6.42 Å². The van der Waals surface area contributed by atoms with Gasteiger partial charge < -0.3 is 15.3 Å². The van der Waals surface area contributed by atoms with Gasteiger partial charge in [0.2, 0.25) is 0 Å². The van der Waals surface area contributed by atoms with E-state index in [4.69, 9.17) is 5.11 Å². The maximum atomic E-state index is 9.62. The Balaban J connectivity index is 2.63. The minimum Gasteiger partial charge on any atom is -0.390 e. The van der Waals surface area contributed by atoms with Gasteiger partial charge >= 0.3 is 0 Å². The molecular weight excluding hydrogens is 270 g/mol. The maximum Gasteiger partial charge on any atom is 0.131 e. The Morgan fingerprint density at radius 1 is 1.50 bits per heavy atom. The summed E-state index contributed by atoms with van der Waals surface area (Å²) in [4.78, 5) is 3.98. The average Bonchev–Trinajstić information content (AvgIpc) is 2.65.